The molecule has 1 N–H and O–H groups in total. The van der Waals surface area contributed by atoms with E-state index >= 15 is 0 Å². The van der Waals surface area contributed by atoms with E-state index in [0.29, 0.717) is 5.56 Å². The predicted octanol–water partition coefficient (Wildman–Crippen LogP) is 3.82. The molecule has 27 heavy (non-hydrogen) atoms. The van der Waals surface area contributed by atoms with Gasteiger partial charge in [-0.05, 0) is 49.3 Å². The van der Waals surface area contributed by atoms with Crippen molar-refractivity contribution in [1.82, 2.24) is 10.3 Å². The summed E-state index contributed by atoms with van der Waals surface area (Å²) in [6, 6.07) is 11.4. The summed E-state index contributed by atoms with van der Waals surface area (Å²) in [4.78, 5) is 30.7. The second-order valence-corrected chi connectivity index (χ2v) is 7.64. The quantitative estimate of drug-likeness (QED) is 0.683. The number of amides is 1. The smallest absolute Gasteiger partial charge is 0.339 e. The molecule has 138 valence electrons. The number of pyridine rings is 1. The van der Waals surface area contributed by atoms with Crippen molar-refractivity contribution >= 4 is 34.1 Å². The summed E-state index contributed by atoms with van der Waals surface area (Å²) in [6.07, 6.45) is 2.68. The van der Waals surface area contributed by atoms with E-state index in [2.05, 4.69) is 10.3 Å². The molecule has 0 aliphatic heterocycles. The van der Waals surface area contributed by atoms with Crippen LogP contribution in [0.25, 0.3) is 10.9 Å². The molecule has 3 aromatic rings. The summed E-state index contributed by atoms with van der Waals surface area (Å²) in [5, 5.41) is 5.61. The molecule has 0 saturated carbocycles. The van der Waals surface area contributed by atoms with E-state index in [1.165, 1.54) is 0 Å². The van der Waals surface area contributed by atoms with Crippen LogP contribution in [0.5, 0.6) is 0 Å². The number of nitrogens with zero attached hydrogens (tertiary/aromatic N) is 1. The van der Waals surface area contributed by atoms with Crippen molar-refractivity contribution in [3.8, 4) is 0 Å². The second-order valence-electron chi connectivity index (χ2n) is 6.66. The van der Waals surface area contributed by atoms with Gasteiger partial charge in [0.05, 0.1) is 17.1 Å². The molecule has 6 heteroatoms. The molecule has 1 atom stereocenters. The van der Waals surface area contributed by atoms with E-state index in [0.717, 1.165) is 46.3 Å². The van der Waals surface area contributed by atoms with Crippen molar-refractivity contribution in [3.05, 3.63) is 63.5 Å². The van der Waals surface area contributed by atoms with Gasteiger partial charge >= 0.3 is 5.97 Å². The third-order valence-corrected chi connectivity index (χ3v) is 5.86. The van der Waals surface area contributed by atoms with E-state index in [4.69, 9.17) is 4.74 Å². The molecule has 0 bridgehead atoms. The minimum absolute atomic E-state index is 0.109. The number of rotatable bonds is 5. The zero-order chi connectivity index (χ0) is 18.8. The molecule has 2 aromatic heterocycles. The first-order valence-corrected chi connectivity index (χ1v) is 9.92. The summed E-state index contributed by atoms with van der Waals surface area (Å²) < 4.78 is 5.37. The van der Waals surface area contributed by atoms with E-state index in [1.54, 1.807) is 11.3 Å². The number of hydrogen-bond acceptors (Lipinski definition) is 5. The number of nitrogens with one attached hydrogen (secondary N) is 1. The minimum Gasteiger partial charge on any atom is -0.452 e. The molecule has 0 fully saturated rings. The first kappa shape index (κ1) is 17.7. The Kier molecular flexibility index (Phi) is 4.90. The molecule has 0 unspecified atom stereocenters. The zero-order valence-electron chi connectivity index (χ0n) is 15.0. The fraction of sp³-hybridized carbons (Fsp3) is 0.286. The minimum atomic E-state index is -0.453. The SMILES string of the molecule is C[C@H](NC(=O)COC(=O)c1c2c(nc3ccccc13)CCC2)c1cccs1. The van der Waals surface area contributed by atoms with Crippen LogP contribution >= 0.6 is 11.3 Å². The average molecular weight is 380 g/mol. The summed E-state index contributed by atoms with van der Waals surface area (Å²) in [6.45, 7) is 1.62. The van der Waals surface area contributed by atoms with Crippen LogP contribution in [0.4, 0.5) is 0 Å². The van der Waals surface area contributed by atoms with Crippen molar-refractivity contribution in [1.29, 1.82) is 0 Å². The predicted molar refractivity (Wildman–Crippen MR) is 105 cm³/mol. The lowest BCUT2D eigenvalue weighted by molar-refractivity contribution is -0.124. The maximum Gasteiger partial charge on any atom is 0.339 e. The fourth-order valence-corrected chi connectivity index (χ4v) is 4.27. The van der Waals surface area contributed by atoms with E-state index in [1.807, 2.05) is 48.7 Å². The summed E-state index contributed by atoms with van der Waals surface area (Å²) in [7, 11) is 0. The molecular weight excluding hydrogens is 360 g/mol. The highest BCUT2D eigenvalue weighted by Crippen LogP contribution is 2.30. The van der Waals surface area contributed by atoms with Crippen LogP contribution in [-0.2, 0) is 22.4 Å². The lowest BCUT2D eigenvalue weighted by atomic mass is 10.0. The first-order chi connectivity index (χ1) is 13.1. The van der Waals surface area contributed by atoms with Crippen LogP contribution in [0.1, 0.15) is 45.9 Å². The number of carbonyl (C=O) groups excluding carboxylic acids is 2. The lowest BCUT2D eigenvalue weighted by Crippen LogP contribution is -2.31. The molecule has 0 saturated heterocycles. The molecule has 0 radical (unpaired) electrons. The molecule has 4 rings (SSSR count). The number of ether oxygens (including phenoxy) is 1. The van der Waals surface area contributed by atoms with Crippen molar-refractivity contribution in [3.63, 3.8) is 0 Å². The zero-order valence-corrected chi connectivity index (χ0v) is 15.8. The number of benzene rings is 1. The molecule has 1 aromatic carbocycles. The normalized spacial score (nSPS) is 14.0. The van der Waals surface area contributed by atoms with E-state index in [9.17, 15) is 9.59 Å². The Morgan fingerprint density at radius 1 is 1.22 bits per heavy atom. The Morgan fingerprint density at radius 2 is 2.07 bits per heavy atom. The Bertz CT molecular complexity index is 998. The molecular formula is C21H20N2O3S. The van der Waals surface area contributed by atoms with Crippen molar-refractivity contribution in [2.24, 2.45) is 0 Å². The number of esters is 1. The van der Waals surface area contributed by atoms with Crippen LogP contribution in [0.3, 0.4) is 0 Å². The number of hydrogen-bond donors (Lipinski definition) is 1. The number of aromatic nitrogens is 1. The Labute approximate surface area is 161 Å². The van der Waals surface area contributed by atoms with Crippen LogP contribution in [-0.4, -0.2) is 23.5 Å². The Hall–Kier alpha value is -2.73. The van der Waals surface area contributed by atoms with Crippen molar-refractivity contribution in [2.75, 3.05) is 6.61 Å². The summed E-state index contributed by atoms with van der Waals surface area (Å²) >= 11 is 1.58. The van der Waals surface area contributed by atoms with E-state index in [-0.39, 0.29) is 18.6 Å². The van der Waals surface area contributed by atoms with Gasteiger partial charge in [0.1, 0.15) is 0 Å². The van der Waals surface area contributed by atoms with Gasteiger partial charge in [0.15, 0.2) is 6.61 Å². The van der Waals surface area contributed by atoms with Crippen LogP contribution in [0.2, 0.25) is 0 Å². The van der Waals surface area contributed by atoms with Crippen LogP contribution in [0, 0.1) is 0 Å². The van der Waals surface area contributed by atoms with Crippen LogP contribution < -0.4 is 5.32 Å². The molecule has 1 amide bonds. The highest BCUT2D eigenvalue weighted by atomic mass is 32.1. The molecule has 1 aliphatic rings. The average Bonchev–Trinajstić information content (AvgIpc) is 3.35. The molecule has 5 nitrogen and oxygen atoms in total. The highest BCUT2D eigenvalue weighted by molar-refractivity contribution is 7.10. The number of fused-ring (bicyclic) bond motifs is 2. The Morgan fingerprint density at radius 3 is 2.89 bits per heavy atom. The third-order valence-electron chi connectivity index (χ3n) is 4.81. The Balaban J connectivity index is 1.50. The van der Waals surface area contributed by atoms with Gasteiger partial charge in [-0.15, -0.1) is 11.3 Å². The lowest BCUT2D eigenvalue weighted by Gasteiger charge is -2.14. The van der Waals surface area contributed by atoms with Crippen molar-refractivity contribution in [2.45, 2.75) is 32.2 Å². The maximum absolute atomic E-state index is 12.8. The van der Waals surface area contributed by atoms with Gasteiger partial charge in [-0.2, -0.15) is 0 Å². The second kappa shape index (κ2) is 7.48. The van der Waals surface area contributed by atoms with Gasteiger partial charge in [-0.1, -0.05) is 24.3 Å². The van der Waals surface area contributed by atoms with Gasteiger partial charge < -0.3 is 10.1 Å². The number of aryl methyl sites for hydroxylation is 1. The van der Waals surface area contributed by atoms with Crippen molar-refractivity contribution < 1.29 is 14.3 Å². The number of carbonyl (C=O) groups is 2. The number of para-hydroxylation sites is 1. The molecule has 0 spiro atoms. The highest BCUT2D eigenvalue weighted by Gasteiger charge is 2.25. The van der Waals surface area contributed by atoms with Gasteiger partial charge in [0, 0.05) is 16.0 Å². The van der Waals surface area contributed by atoms with Gasteiger partial charge in [-0.25, -0.2) is 4.79 Å². The van der Waals surface area contributed by atoms with Gasteiger partial charge in [-0.3, -0.25) is 9.78 Å². The monoisotopic (exact) mass is 380 g/mol. The third kappa shape index (κ3) is 3.57. The standard InChI is InChI=1S/C21H20N2O3S/c1-13(18-10-5-11-27-18)22-19(24)12-26-21(25)20-14-6-2-3-8-16(14)23-17-9-4-7-15(17)20/h2-3,5-6,8,10-11,13H,4,7,9,12H2,1H3,(H,22,24)/t13-/m0/s1. The maximum atomic E-state index is 12.8. The largest absolute Gasteiger partial charge is 0.452 e. The summed E-state index contributed by atoms with van der Waals surface area (Å²) in [5.74, 6) is -0.759. The topological polar surface area (TPSA) is 68.3 Å². The first-order valence-electron chi connectivity index (χ1n) is 9.04. The molecule has 2 heterocycles. The van der Waals surface area contributed by atoms with Gasteiger partial charge in [0.25, 0.3) is 5.91 Å². The fourth-order valence-electron chi connectivity index (χ4n) is 3.54. The van der Waals surface area contributed by atoms with Gasteiger partial charge in [0.2, 0.25) is 0 Å². The number of thiophene rings is 1. The van der Waals surface area contributed by atoms with E-state index < -0.39 is 5.97 Å². The summed E-state index contributed by atoms with van der Waals surface area (Å²) in [5.41, 5.74) is 3.29. The van der Waals surface area contributed by atoms with Crippen LogP contribution in [0.15, 0.2) is 41.8 Å². The molecule has 1 aliphatic carbocycles.